The topological polar surface area (TPSA) is 67.4 Å². The zero-order valence-corrected chi connectivity index (χ0v) is 20.6. The van der Waals surface area contributed by atoms with Crippen molar-refractivity contribution in [2.45, 2.75) is 25.6 Å². The molecule has 1 unspecified atom stereocenters. The Morgan fingerprint density at radius 3 is 2.62 bits per heavy atom. The first kappa shape index (κ1) is 25.8. The minimum atomic E-state index is -2.85. The van der Waals surface area contributed by atoms with Gasteiger partial charge < -0.3 is 29.7 Å². The van der Waals surface area contributed by atoms with Crippen molar-refractivity contribution in [2.24, 2.45) is 4.99 Å². The molecule has 0 aliphatic carbocycles. The summed E-state index contributed by atoms with van der Waals surface area (Å²) in [7, 11) is 4.94. The van der Waals surface area contributed by atoms with Crippen LogP contribution >= 0.6 is 24.0 Å². The minimum Gasteiger partial charge on any atom is -0.497 e. The molecule has 0 saturated carbocycles. The number of benzene rings is 2. The molecule has 0 spiro atoms. The molecule has 176 valence electrons. The van der Waals surface area contributed by atoms with Crippen LogP contribution in [0.3, 0.4) is 0 Å². The first-order chi connectivity index (χ1) is 15.0. The third-order valence-corrected chi connectivity index (χ3v) is 5.12. The van der Waals surface area contributed by atoms with Gasteiger partial charge in [0.05, 0.1) is 19.9 Å². The highest BCUT2D eigenvalue weighted by atomic mass is 127. The Kier molecular flexibility index (Phi) is 10.1. The molecule has 1 fully saturated rings. The third-order valence-electron chi connectivity index (χ3n) is 5.12. The summed E-state index contributed by atoms with van der Waals surface area (Å²) in [6, 6.07) is 12.6. The zero-order valence-electron chi connectivity index (χ0n) is 18.3. The van der Waals surface area contributed by atoms with Gasteiger partial charge in [0.15, 0.2) is 5.96 Å². The summed E-state index contributed by atoms with van der Waals surface area (Å²) in [6.45, 7) is -0.953. The quantitative estimate of drug-likeness (QED) is 0.290. The van der Waals surface area contributed by atoms with E-state index in [1.807, 2.05) is 29.2 Å². The van der Waals surface area contributed by atoms with Crippen LogP contribution < -0.4 is 29.7 Å². The van der Waals surface area contributed by atoms with Gasteiger partial charge in [-0.3, -0.25) is 4.99 Å². The third kappa shape index (κ3) is 6.75. The normalized spacial score (nSPS) is 15.9. The summed E-state index contributed by atoms with van der Waals surface area (Å²) in [5.74, 6) is 2.30. The molecule has 2 aromatic carbocycles. The average molecular weight is 562 g/mol. The first-order valence-electron chi connectivity index (χ1n) is 10.0. The molecule has 32 heavy (non-hydrogen) atoms. The molecule has 0 radical (unpaired) electrons. The number of nitrogens with zero attached hydrogens (tertiary/aromatic N) is 2. The molecule has 10 heteroatoms. The van der Waals surface area contributed by atoms with E-state index in [0.29, 0.717) is 24.7 Å². The number of aliphatic imine (C=N–C) groups is 1. The molecule has 1 aliphatic heterocycles. The molecule has 1 saturated heterocycles. The van der Waals surface area contributed by atoms with E-state index in [9.17, 15) is 8.78 Å². The molecule has 0 bridgehead atoms. The molecule has 0 amide bonds. The van der Waals surface area contributed by atoms with Crippen molar-refractivity contribution in [1.29, 1.82) is 0 Å². The number of anilines is 1. The van der Waals surface area contributed by atoms with Crippen molar-refractivity contribution in [2.75, 3.05) is 39.3 Å². The maximum atomic E-state index is 12.7. The highest BCUT2D eigenvalue weighted by molar-refractivity contribution is 14.0. The number of methoxy groups -OCH3 is 2. The van der Waals surface area contributed by atoms with E-state index in [0.717, 1.165) is 30.0 Å². The number of hydrogen-bond acceptors (Lipinski definition) is 5. The number of para-hydroxylation sites is 2. The molecule has 3 rings (SSSR count). The Hall–Kier alpha value is -2.50. The van der Waals surface area contributed by atoms with Crippen molar-refractivity contribution in [3.05, 3.63) is 48.0 Å². The van der Waals surface area contributed by atoms with Crippen LogP contribution in [0.15, 0.2) is 47.5 Å². The largest absolute Gasteiger partial charge is 0.497 e. The second kappa shape index (κ2) is 12.5. The van der Waals surface area contributed by atoms with Crippen molar-refractivity contribution in [3.63, 3.8) is 0 Å². The number of hydrogen-bond donors (Lipinski definition) is 2. The molecule has 0 aromatic heterocycles. The Morgan fingerprint density at radius 1 is 1.16 bits per heavy atom. The van der Waals surface area contributed by atoms with E-state index >= 15 is 0 Å². The van der Waals surface area contributed by atoms with Crippen LogP contribution in [0.4, 0.5) is 14.5 Å². The van der Waals surface area contributed by atoms with Crippen LogP contribution in [0, 0.1) is 0 Å². The second-order valence-corrected chi connectivity index (χ2v) is 7.03. The van der Waals surface area contributed by atoms with Crippen LogP contribution in [0.5, 0.6) is 17.2 Å². The molecule has 2 N–H and O–H groups in total. The SMILES string of the molecule is CN=C(NCc1ccc(OC)cc1OC)NC1CCN(c2ccccc2OC(F)F)C1.I. The predicted molar refractivity (Wildman–Crippen MR) is 132 cm³/mol. The van der Waals surface area contributed by atoms with E-state index in [4.69, 9.17) is 9.47 Å². The number of halogens is 3. The van der Waals surface area contributed by atoms with Crippen LogP contribution in [-0.2, 0) is 6.54 Å². The van der Waals surface area contributed by atoms with Crippen LogP contribution in [0.25, 0.3) is 0 Å². The predicted octanol–water partition coefficient (Wildman–Crippen LogP) is 3.87. The fraction of sp³-hybridized carbons (Fsp3) is 0.409. The summed E-state index contributed by atoms with van der Waals surface area (Å²) in [6.07, 6.45) is 0.843. The van der Waals surface area contributed by atoms with E-state index in [-0.39, 0.29) is 35.8 Å². The van der Waals surface area contributed by atoms with Crippen LogP contribution in [0.2, 0.25) is 0 Å². The number of rotatable bonds is 8. The van der Waals surface area contributed by atoms with Crippen molar-refractivity contribution in [1.82, 2.24) is 10.6 Å². The fourth-order valence-corrected chi connectivity index (χ4v) is 3.58. The summed E-state index contributed by atoms with van der Waals surface area (Å²) < 4.78 is 40.8. The van der Waals surface area contributed by atoms with E-state index in [2.05, 4.69) is 20.4 Å². The molecule has 2 aromatic rings. The standard InChI is InChI=1S/C22H28F2N4O3.HI/c1-25-22(26-13-15-8-9-17(29-2)12-20(15)30-3)27-16-10-11-28(14-16)18-6-4-5-7-19(18)31-21(23)24;/h4-9,12,16,21H,10-11,13-14H2,1-3H3,(H2,25,26,27);1H. The monoisotopic (exact) mass is 562 g/mol. The Morgan fingerprint density at radius 2 is 1.94 bits per heavy atom. The average Bonchev–Trinajstić information content (AvgIpc) is 3.24. The van der Waals surface area contributed by atoms with Gasteiger partial charge in [-0.2, -0.15) is 8.78 Å². The van der Waals surface area contributed by atoms with Crippen LogP contribution in [0.1, 0.15) is 12.0 Å². The lowest BCUT2D eigenvalue weighted by molar-refractivity contribution is -0.0495. The Labute approximate surface area is 204 Å². The van der Waals surface area contributed by atoms with Gasteiger partial charge in [0.25, 0.3) is 0 Å². The van der Waals surface area contributed by atoms with Gasteiger partial charge in [-0.25, -0.2) is 0 Å². The summed E-state index contributed by atoms with van der Waals surface area (Å²) in [4.78, 5) is 6.33. The van der Waals surface area contributed by atoms with Gasteiger partial charge >= 0.3 is 6.61 Å². The van der Waals surface area contributed by atoms with Crippen molar-refractivity contribution < 1.29 is 23.0 Å². The maximum absolute atomic E-state index is 12.7. The van der Waals surface area contributed by atoms with Crippen molar-refractivity contribution >= 4 is 35.6 Å². The summed E-state index contributed by atoms with van der Waals surface area (Å²) in [5, 5.41) is 6.69. The van der Waals surface area contributed by atoms with Crippen molar-refractivity contribution in [3.8, 4) is 17.2 Å². The molecule has 1 atom stereocenters. The lowest BCUT2D eigenvalue weighted by Crippen LogP contribution is -2.44. The van der Waals surface area contributed by atoms with E-state index < -0.39 is 6.61 Å². The molecular formula is C22H29F2IN4O3. The van der Waals surface area contributed by atoms with E-state index in [1.54, 1.807) is 39.5 Å². The van der Waals surface area contributed by atoms with Gasteiger partial charge in [-0.1, -0.05) is 12.1 Å². The van der Waals surface area contributed by atoms with Gasteiger partial charge in [0.2, 0.25) is 0 Å². The van der Waals surface area contributed by atoms with Gasteiger partial charge in [0.1, 0.15) is 17.2 Å². The highest BCUT2D eigenvalue weighted by Gasteiger charge is 2.26. The lowest BCUT2D eigenvalue weighted by Gasteiger charge is -2.22. The molecule has 1 heterocycles. The first-order valence-corrected chi connectivity index (χ1v) is 10.0. The van der Waals surface area contributed by atoms with Gasteiger partial charge in [-0.05, 0) is 30.7 Å². The van der Waals surface area contributed by atoms with E-state index in [1.165, 1.54) is 0 Å². The molecule has 1 aliphatic rings. The summed E-state index contributed by atoms with van der Waals surface area (Å²) >= 11 is 0. The lowest BCUT2D eigenvalue weighted by atomic mass is 10.2. The maximum Gasteiger partial charge on any atom is 0.387 e. The number of alkyl halides is 2. The number of nitrogens with one attached hydrogen (secondary N) is 2. The zero-order chi connectivity index (χ0) is 22.2. The number of ether oxygens (including phenoxy) is 3. The van der Waals surface area contributed by atoms with Gasteiger partial charge in [-0.15, -0.1) is 24.0 Å². The van der Waals surface area contributed by atoms with Gasteiger partial charge in [0, 0.05) is 44.4 Å². The van der Waals surface area contributed by atoms with Crippen LogP contribution in [-0.4, -0.2) is 53.0 Å². The minimum absolute atomic E-state index is 0. The molecule has 7 nitrogen and oxygen atoms in total. The second-order valence-electron chi connectivity index (χ2n) is 7.03. The smallest absolute Gasteiger partial charge is 0.387 e. The Balaban J connectivity index is 0.00000363. The fourth-order valence-electron chi connectivity index (χ4n) is 3.58. The highest BCUT2D eigenvalue weighted by Crippen LogP contribution is 2.31. The molecular weight excluding hydrogens is 533 g/mol. The Bertz CT molecular complexity index is 901. The summed E-state index contributed by atoms with van der Waals surface area (Å²) in [5.41, 5.74) is 1.63. The number of guanidine groups is 1.